The lowest BCUT2D eigenvalue weighted by molar-refractivity contribution is 0.485. The summed E-state index contributed by atoms with van der Waals surface area (Å²) in [6.07, 6.45) is 0.543. The van der Waals surface area contributed by atoms with Gasteiger partial charge in [-0.15, -0.1) is 0 Å². The molecule has 1 aromatic carbocycles. The molecule has 0 fully saturated rings. The van der Waals surface area contributed by atoms with Crippen LogP contribution in [-0.4, -0.2) is 6.04 Å². The molecule has 0 aromatic heterocycles. The van der Waals surface area contributed by atoms with E-state index in [1.54, 1.807) is 0 Å². The van der Waals surface area contributed by atoms with Gasteiger partial charge in [0.2, 0.25) is 0 Å². The van der Waals surface area contributed by atoms with Crippen LogP contribution in [0.25, 0.3) is 0 Å². The molecule has 0 aliphatic carbocycles. The maximum atomic E-state index is 8.56. The Morgan fingerprint density at radius 2 is 1.93 bits per heavy atom. The van der Waals surface area contributed by atoms with Crippen molar-refractivity contribution < 1.29 is 0 Å². The van der Waals surface area contributed by atoms with E-state index in [-0.39, 0.29) is 12.1 Å². The molecule has 15 heavy (non-hydrogen) atoms. The molecule has 0 saturated carbocycles. The number of hydrogen-bond acceptors (Lipinski definition) is 2. The Labute approximate surface area is 99.4 Å². The minimum atomic E-state index is 0.230. The zero-order chi connectivity index (χ0) is 11.3. The normalized spacial score (nSPS) is 14.3. The summed E-state index contributed by atoms with van der Waals surface area (Å²) in [6, 6.07) is 10.9. The van der Waals surface area contributed by atoms with Crippen LogP contribution in [0.5, 0.6) is 0 Å². The van der Waals surface area contributed by atoms with E-state index < -0.39 is 0 Å². The van der Waals surface area contributed by atoms with Crippen molar-refractivity contribution in [2.24, 2.45) is 0 Å². The minimum absolute atomic E-state index is 0.230. The molecule has 3 heteroatoms. The first-order chi connectivity index (χ1) is 7.13. The fourth-order valence-corrected chi connectivity index (χ4v) is 1.73. The van der Waals surface area contributed by atoms with E-state index in [0.717, 1.165) is 4.47 Å². The van der Waals surface area contributed by atoms with Gasteiger partial charge in [-0.1, -0.05) is 28.1 Å². The Hall–Kier alpha value is -0.850. The van der Waals surface area contributed by atoms with Gasteiger partial charge in [0.25, 0.3) is 0 Å². The van der Waals surface area contributed by atoms with Crippen LogP contribution in [0.4, 0.5) is 0 Å². The second kappa shape index (κ2) is 5.89. The smallest absolute Gasteiger partial charge is 0.0638 e. The first-order valence-electron chi connectivity index (χ1n) is 5.02. The quantitative estimate of drug-likeness (QED) is 0.907. The topological polar surface area (TPSA) is 35.8 Å². The number of nitrogens with one attached hydrogen (secondary N) is 1. The molecule has 0 bridgehead atoms. The average Bonchev–Trinajstić information content (AvgIpc) is 2.18. The summed E-state index contributed by atoms with van der Waals surface area (Å²) < 4.78 is 1.09. The van der Waals surface area contributed by atoms with Gasteiger partial charge in [0.15, 0.2) is 0 Å². The standard InChI is InChI=1S/C12H15BrN2/c1-9(7-8-14)15-10(2)11-3-5-12(13)6-4-11/h3-6,9-10,15H,7H2,1-2H3. The van der Waals surface area contributed by atoms with Gasteiger partial charge in [-0.2, -0.15) is 5.26 Å². The molecule has 1 rings (SSSR count). The number of halogens is 1. The third kappa shape index (κ3) is 4.03. The summed E-state index contributed by atoms with van der Waals surface area (Å²) in [5, 5.41) is 11.9. The van der Waals surface area contributed by atoms with Crippen LogP contribution < -0.4 is 5.32 Å². The predicted octanol–water partition coefficient (Wildman–Crippen LogP) is 3.40. The number of nitrogens with zero attached hydrogens (tertiary/aromatic N) is 1. The summed E-state index contributed by atoms with van der Waals surface area (Å²) in [4.78, 5) is 0. The Balaban J connectivity index is 2.57. The number of benzene rings is 1. The molecule has 1 aromatic rings. The third-order valence-corrected chi connectivity index (χ3v) is 2.83. The molecule has 0 spiro atoms. The Morgan fingerprint density at radius 3 is 2.47 bits per heavy atom. The zero-order valence-electron chi connectivity index (χ0n) is 9.00. The van der Waals surface area contributed by atoms with Gasteiger partial charge < -0.3 is 5.32 Å². The molecule has 0 aliphatic rings. The van der Waals surface area contributed by atoms with Crippen LogP contribution in [0.3, 0.4) is 0 Å². The highest BCUT2D eigenvalue weighted by Crippen LogP contribution is 2.17. The molecule has 0 radical (unpaired) electrons. The summed E-state index contributed by atoms with van der Waals surface area (Å²) in [5.41, 5.74) is 1.24. The number of rotatable bonds is 4. The molecule has 0 aliphatic heterocycles. The first kappa shape index (κ1) is 12.2. The lowest BCUT2D eigenvalue weighted by Crippen LogP contribution is -2.28. The third-order valence-electron chi connectivity index (χ3n) is 2.30. The summed E-state index contributed by atoms with van der Waals surface area (Å²) in [5.74, 6) is 0. The second-order valence-corrected chi connectivity index (χ2v) is 4.62. The SMILES string of the molecule is CC(CC#N)NC(C)c1ccc(Br)cc1. The molecular formula is C12H15BrN2. The van der Waals surface area contributed by atoms with E-state index in [2.05, 4.69) is 46.4 Å². The Bertz CT molecular complexity index is 340. The molecular weight excluding hydrogens is 252 g/mol. The van der Waals surface area contributed by atoms with E-state index in [9.17, 15) is 0 Å². The van der Waals surface area contributed by atoms with Gasteiger partial charge in [0, 0.05) is 16.6 Å². The minimum Gasteiger partial charge on any atom is -0.307 e. The van der Waals surface area contributed by atoms with Gasteiger partial charge in [-0.05, 0) is 31.5 Å². The van der Waals surface area contributed by atoms with Crippen LogP contribution in [-0.2, 0) is 0 Å². The van der Waals surface area contributed by atoms with Crippen LogP contribution in [0, 0.1) is 11.3 Å². The fraction of sp³-hybridized carbons (Fsp3) is 0.417. The van der Waals surface area contributed by atoms with Crippen LogP contribution in [0.15, 0.2) is 28.7 Å². The molecule has 0 saturated heterocycles. The number of hydrogen-bond donors (Lipinski definition) is 1. The fourth-order valence-electron chi connectivity index (χ4n) is 1.47. The summed E-state index contributed by atoms with van der Waals surface area (Å²) >= 11 is 3.41. The highest BCUT2D eigenvalue weighted by Gasteiger charge is 2.08. The van der Waals surface area contributed by atoms with Crippen molar-refractivity contribution in [3.63, 3.8) is 0 Å². The predicted molar refractivity (Wildman–Crippen MR) is 65.4 cm³/mol. The largest absolute Gasteiger partial charge is 0.307 e. The molecule has 80 valence electrons. The highest BCUT2D eigenvalue weighted by molar-refractivity contribution is 9.10. The first-order valence-corrected chi connectivity index (χ1v) is 5.81. The van der Waals surface area contributed by atoms with Gasteiger partial charge >= 0.3 is 0 Å². The molecule has 0 heterocycles. The van der Waals surface area contributed by atoms with Gasteiger partial charge in [0.1, 0.15) is 0 Å². The van der Waals surface area contributed by atoms with E-state index in [1.807, 2.05) is 19.1 Å². The molecule has 1 N–H and O–H groups in total. The van der Waals surface area contributed by atoms with Crippen molar-refractivity contribution in [3.05, 3.63) is 34.3 Å². The van der Waals surface area contributed by atoms with Crippen molar-refractivity contribution in [1.82, 2.24) is 5.32 Å². The average molecular weight is 267 g/mol. The Morgan fingerprint density at radius 1 is 1.33 bits per heavy atom. The van der Waals surface area contributed by atoms with Crippen molar-refractivity contribution in [1.29, 1.82) is 5.26 Å². The van der Waals surface area contributed by atoms with E-state index in [1.165, 1.54) is 5.56 Å². The monoisotopic (exact) mass is 266 g/mol. The van der Waals surface area contributed by atoms with Crippen molar-refractivity contribution >= 4 is 15.9 Å². The second-order valence-electron chi connectivity index (χ2n) is 3.70. The highest BCUT2D eigenvalue weighted by atomic mass is 79.9. The van der Waals surface area contributed by atoms with Gasteiger partial charge in [-0.3, -0.25) is 0 Å². The van der Waals surface area contributed by atoms with Crippen molar-refractivity contribution in [3.8, 4) is 6.07 Å². The van der Waals surface area contributed by atoms with Gasteiger partial charge in [-0.25, -0.2) is 0 Å². The van der Waals surface area contributed by atoms with E-state index >= 15 is 0 Å². The van der Waals surface area contributed by atoms with Crippen LogP contribution in [0.1, 0.15) is 31.9 Å². The maximum absolute atomic E-state index is 8.56. The van der Waals surface area contributed by atoms with Crippen LogP contribution in [0.2, 0.25) is 0 Å². The molecule has 0 amide bonds. The lowest BCUT2D eigenvalue weighted by atomic mass is 10.1. The lowest BCUT2D eigenvalue weighted by Gasteiger charge is -2.18. The zero-order valence-corrected chi connectivity index (χ0v) is 10.6. The van der Waals surface area contributed by atoms with E-state index in [4.69, 9.17) is 5.26 Å². The maximum Gasteiger partial charge on any atom is 0.0638 e. The Kier molecular flexibility index (Phi) is 4.80. The van der Waals surface area contributed by atoms with Crippen LogP contribution >= 0.6 is 15.9 Å². The van der Waals surface area contributed by atoms with Crippen molar-refractivity contribution in [2.75, 3.05) is 0 Å². The molecule has 2 atom stereocenters. The molecule has 2 nitrogen and oxygen atoms in total. The summed E-state index contributed by atoms with van der Waals surface area (Å²) in [6.45, 7) is 4.13. The summed E-state index contributed by atoms with van der Waals surface area (Å²) in [7, 11) is 0. The van der Waals surface area contributed by atoms with E-state index in [0.29, 0.717) is 6.42 Å². The van der Waals surface area contributed by atoms with Crippen molar-refractivity contribution in [2.45, 2.75) is 32.4 Å². The van der Waals surface area contributed by atoms with Gasteiger partial charge in [0.05, 0.1) is 12.5 Å². The molecule has 2 unspecified atom stereocenters. The number of nitriles is 1.